The molecule has 0 unspecified atom stereocenters. The van der Waals surface area contributed by atoms with Gasteiger partial charge >= 0.3 is 24.4 Å². The van der Waals surface area contributed by atoms with Crippen LogP contribution in [0.3, 0.4) is 0 Å². The number of nitrogens with zero attached hydrogens (tertiary/aromatic N) is 4. The van der Waals surface area contributed by atoms with E-state index in [0.29, 0.717) is 0 Å². The van der Waals surface area contributed by atoms with Crippen LogP contribution in [0.25, 0.3) is 11.5 Å². The van der Waals surface area contributed by atoms with Crippen LogP contribution in [-0.2, 0) is 9.53 Å². The molecule has 0 radical (unpaired) electrons. The molecule has 10 nitrogen and oxygen atoms in total. The standard InChI is InChI=1S/C27H25F3N4O6/c28-27(29,30)40-17-6-3-5-15(13-17)24-31-32-25(39-24)34-20-9-2-1-7-18(20)23(19-8-4-10-21(19)34)33(16-11-12-16)26(37)38-14-22(35)36/h1-3,5-7,9,13,16,19,21,23H,4,8,10-12,14H2,(H,35,36)/t19-,21+,23-/m0/s1. The number of fused-ring (bicyclic) bond motifs is 2. The summed E-state index contributed by atoms with van der Waals surface area (Å²) in [5.74, 6) is -1.61. The lowest BCUT2D eigenvalue weighted by molar-refractivity contribution is -0.274. The highest BCUT2D eigenvalue weighted by atomic mass is 19.4. The Labute approximate surface area is 226 Å². The normalized spacial score (nSPS) is 21.9. The molecule has 40 heavy (non-hydrogen) atoms. The Hall–Kier alpha value is -4.29. The van der Waals surface area contributed by atoms with Crippen molar-refractivity contribution < 1.29 is 41.8 Å². The van der Waals surface area contributed by atoms with E-state index in [-0.39, 0.29) is 41.5 Å². The van der Waals surface area contributed by atoms with Crippen LogP contribution < -0.4 is 9.64 Å². The average molecular weight is 559 g/mol. The van der Waals surface area contributed by atoms with Crippen molar-refractivity contribution in [2.45, 2.75) is 56.6 Å². The number of halogens is 3. The second-order valence-electron chi connectivity index (χ2n) is 10.1. The molecule has 0 spiro atoms. The predicted octanol–water partition coefficient (Wildman–Crippen LogP) is 5.68. The van der Waals surface area contributed by atoms with Gasteiger partial charge in [-0.1, -0.05) is 35.8 Å². The van der Waals surface area contributed by atoms with E-state index in [1.54, 1.807) is 11.0 Å². The predicted molar refractivity (Wildman–Crippen MR) is 133 cm³/mol. The number of aromatic nitrogens is 2. The Balaban J connectivity index is 1.35. The van der Waals surface area contributed by atoms with Crippen LogP contribution >= 0.6 is 0 Å². The molecule has 2 saturated carbocycles. The lowest BCUT2D eigenvalue weighted by Gasteiger charge is -2.46. The Morgan fingerprint density at radius 1 is 1.07 bits per heavy atom. The number of aliphatic carboxylic acids is 1. The molecule has 210 valence electrons. The number of hydrogen-bond acceptors (Lipinski definition) is 8. The number of benzene rings is 2. The van der Waals surface area contributed by atoms with Crippen molar-refractivity contribution in [3.63, 3.8) is 0 Å². The molecule has 3 aromatic rings. The molecule has 1 N–H and O–H groups in total. The first kappa shape index (κ1) is 26.0. The van der Waals surface area contributed by atoms with E-state index in [4.69, 9.17) is 14.3 Å². The van der Waals surface area contributed by atoms with Crippen molar-refractivity contribution in [2.24, 2.45) is 5.92 Å². The molecule has 2 aromatic carbocycles. The number of hydrogen-bond donors (Lipinski definition) is 1. The van der Waals surface area contributed by atoms with Gasteiger partial charge in [-0.25, -0.2) is 9.59 Å². The summed E-state index contributed by atoms with van der Waals surface area (Å²) in [6.07, 6.45) is -1.38. The van der Waals surface area contributed by atoms with Gasteiger partial charge in [0.05, 0.1) is 11.7 Å². The number of carbonyl (C=O) groups is 2. The monoisotopic (exact) mass is 558 g/mol. The highest BCUT2D eigenvalue weighted by molar-refractivity contribution is 5.76. The molecule has 1 aliphatic heterocycles. The zero-order chi connectivity index (χ0) is 28.0. The van der Waals surface area contributed by atoms with Crippen LogP contribution in [0.1, 0.15) is 43.7 Å². The number of carboxylic acid groups (broad SMARTS) is 1. The summed E-state index contributed by atoms with van der Waals surface area (Å²) >= 11 is 0. The fraction of sp³-hybridized carbons (Fsp3) is 0.407. The lowest BCUT2D eigenvalue weighted by atomic mass is 9.82. The molecule has 1 aromatic heterocycles. The van der Waals surface area contributed by atoms with Crippen molar-refractivity contribution in [2.75, 3.05) is 11.5 Å². The minimum absolute atomic E-state index is 0.0215. The average Bonchev–Trinajstić information content (AvgIpc) is 3.41. The summed E-state index contributed by atoms with van der Waals surface area (Å²) in [5.41, 5.74) is 1.88. The fourth-order valence-corrected chi connectivity index (χ4v) is 5.92. The molecule has 2 heterocycles. The van der Waals surface area contributed by atoms with Crippen LogP contribution in [0, 0.1) is 5.92 Å². The van der Waals surface area contributed by atoms with Gasteiger partial charge in [0.1, 0.15) is 5.75 Å². The highest BCUT2D eigenvalue weighted by Crippen LogP contribution is 2.54. The van der Waals surface area contributed by atoms with Gasteiger partial charge in [-0.15, -0.1) is 18.3 Å². The van der Waals surface area contributed by atoms with Crippen LogP contribution in [-0.4, -0.2) is 57.3 Å². The number of ether oxygens (including phenoxy) is 2. The largest absolute Gasteiger partial charge is 0.573 e. The smallest absolute Gasteiger partial charge is 0.479 e. The number of amides is 1. The quantitative estimate of drug-likeness (QED) is 0.391. The first-order chi connectivity index (χ1) is 19.2. The van der Waals surface area contributed by atoms with E-state index >= 15 is 0 Å². The molecule has 2 aliphatic carbocycles. The molecule has 3 aliphatic rings. The molecule has 2 fully saturated rings. The Morgan fingerprint density at radius 2 is 1.88 bits per heavy atom. The summed E-state index contributed by atoms with van der Waals surface area (Å²) in [4.78, 5) is 27.9. The maximum Gasteiger partial charge on any atom is 0.573 e. The molecule has 3 atom stereocenters. The summed E-state index contributed by atoms with van der Waals surface area (Å²) < 4.78 is 53.3. The zero-order valence-electron chi connectivity index (χ0n) is 21.1. The van der Waals surface area contributed by atoms with Crippen molar-refractivity contribution in [1.29, 1.82) is 0 Å². The molecule has 0 saturated heterocycles. The minimum atomic E-state index is -4.83. The Bertz CT molecular complexity index is 1430. The fourth-order valence-electron chi connectivity index (χ4n) is 5.92. The summed E-state index contributed by atoms with van der Waals surface area (Å²) in [6.45, 7) is -0.712. The van der Waals surface area contributed by atoms with E-state index in [1.165, 1.54) is 18.2 Å². The van der Waals surface area contributed by atoms with Crippen molar-refractivity contribution in [1.82, 2.24) is 15.1 Å². The van der Waals surface area contributed by atoms with E-state index in [2.05, 4.69) is 14.9 Å². The summed E-state index contributed by atoms with van der Waals surface area (Å²) in [6, 6.07) is 12.6. The third kappa shape index (κ3) is 5.03. The molecule has 0 bridgehead atoms. The van der Waals surface area contributed by atoms with Gasteiger partial charge < -0.3 is 19.0 Å². The van der Waals surface area contributed by atoms with Crippen molar-refractivity contribution in [3.05, 3.63) is 54.1 Å². The van der Waals surface area contributed by atoms with Crippen molar-refractivity contribution >= 4 is 23.8 Å². The van der Waals surface area contributed by atoms with Gasteiger partial charge in [-0.2, -0.15) is 0 Å². The number of carbonyl (C=O) groups excluding carboxylic acids is 1. The second kappa shape index (κ2) is 10.0. The van der Waals surface area contributed by atoms with Gasteiger partial charge in [0.2, 0.25) is 5.89 Å². The van der Waals surface area contributed by atoms with E-state index in [9.17, 15) is 22.8 Å². The topological polar surface area (TPSA) is 118 Å². The second-order valence-corrected chi connectivity index (χ2v) is 10.1. The van der Waals surface area contributed by atoms with Gasteiger partial charge in [0.15, 0.2) is 6.61 Å². The molecule has 6 rings (SSSR count). The van der Waals surface area contributed by atoms with Gasteiger partial charge in [0.25, 0.3) is 0 Å². The molecular weight excluding hydrogens is 533 g/mol. The van der Waals surface area contributed by atoms with Crippen LogP contribution in [0.15, 0.2) is 52.9 Å². The number of rotatable bonds is 7. The maximum atomic E-state index is 13.2. The van der Waals surface area contributed by atoms with E-state index in [1.807, 2.05) is 29.2 Å². The zero-order valence-corrected chi connectivity index (χ0v) is 21.1. The third-order valence-electron chi connectivity index (χ3n) is 7.49. The number of anilines is 2. The van der Waals surface area contributed by atoms with Gasteiger partial charge in [0, 0.05) is 23.6 Å². The molecule has 1 amide bonds. The minimum Gasteiger partial charge on any atom is -0.479 e. The third-order valence-corrected chi connectivity index (χ3v) is 7.49. The van der Waals surface area contributed by atoms with Gasteiger partial charge in [-0.3, -0.25) is 9.80 Å². The molecule has 13 heteroatoms. The SMILES string of the molecule is O=C(O)COC(=O)N(C1CC1)[C@H]1c2ccccc2N(c2nnc(-c3cccc(OC(F)(F)F)c3)o2)[C@@H]2CCC[C@@H]21. The Kier molecular flexibility index (Phi) is 6.51. The van der Waals surface area contributed by atoms with E-state index < -0.39 is 30.8 Å². The Morgan fingerprint density at radius 3 is 2.62 bits per heavy atom. The van der Waals surface area contributed by atoms with E-state index in [0.717, 1.165) is 43.4 Å². The summed E-state index contributed by atoms with van der Waals surface area (Å²) in [7, 11) is 0. The number of alkyl halides is 3. The number of carboxylic acids is 1. The number of para-hydroxylation sites is 1. The first-order valence-corrected chi connectivity index (χ1v) is 12.9. The van der Waals surface area contributed by atoms with Crippen LogP contribution in [0.4, 0.5) is 29.7 Å². The first-order valence-electron chi connectivity index (χ1n) is 12.9. The highest BCUT2D eigenvalue weighted by Gasteiger charge is 2.52. The molecular formula is C27H25F3N4O6. The summed E-state index contributed by atoms with van der Waals surface area (Å²) in [5, 5.41) is 17.4. The van der Waals surface area contributed by atoms with Gasteiger partial charge in [-0.05, 0) is 55.5 Å². The van der Waals surface area contributed by atoms with Crippen molar-refractivity contribution in [3.8, 4) is 17.2 Å². The van der Waals surface area contributed by atoms with Crippen LogP contribution in [0.2, 0.25) is 0 Å². The maximum absolute atomic E-state index is 13.2. The lowest BCUT2D eigenvalue weighted by Crippen LogP contribution is -2.49. The van der Waals surface area contributed by atoms with Crippen LogP contribution in [0.5, 0.6) is 5.75 Å².